The summed E-state index contributed by atoms with van der Waals surface area (Å²) in [6.07, 6.45) is 0. The minimum absolute atomic E-state index is 0.268. The third kappa shape index (κ3) is 2.65. The Morgan fingerprint density at radius 3 is 2.59 bits per heavy atom. The van der Waals surface area contributed by atoms with Gasteiger partial charge in [0.2, 0.25) is 0 Å². The molecule has 1 aromatic heterocycles. The smallest absolute Gasteiger partial charge is 0.335 e. The molecule has 0 bridgehead atoms. The summed E-state index contributed by atoms with van der Waals surface area (Å²) < 4.78 is 5.15. The highest BCUT2D eigenvalue weighted by molar-refractivity contribution is 6.44. The normalized spacial score (nSPS) is 10.6. The second kappa shape index (κ2) is 5.12. The fourth-order valence-electron chi connectivity index (χ4n) is 1.26. The van der Waals surface area contributed by atoms with Gasteiger partial charge in [-0.05, 0) is 19.1 Å². The predicted octanol–water partition coefficient (Wildman–Crippen LogP) is 3.83. The first-order valence-electron chi connectivity index (χ1n) is 4.82. The summed E-state index contributed by atoms with van der Waals surface area (Å²) in [7, 11) is 0. The minimum atomic E-state index is 0.268. The van der Waals surface area contributed by atoms with Crippen molar-refractivity contribution in [2.75, 3.05) is 6.61 Å². The van der Waals surface area contributed by atoms with Gasteiger partial charge < -0.3 is 4.74 Å². The second-order valence-electron chi connectivity index (χ2n) is 3.15. The largest absolute Gasteiger partial charge is 0.463 e. The Balaban J connectivity index is 2.41. The number of H-pyrrole nitrogens is 1. The summed E-state index contributed by atoms with van der Waals surface area (Å²) in [5.41, 5.74) is 0.625. The molecule has 0 aliphatic rings. The van der Waals surface area contributed by atoms with Gasteiger partial charge in [0.05, 0.1) is 21.7 Å². The molecule has 2 aromatic rings. The van der Waals surface area contributed by atoms with Crippen LogP contribution in [0.25, 0.3) is 11.4 Å². The van der Waals surface area contributed by atoms with Gasteiger partial charge in [0, 0.05) is 5.56 Å². The van der Waals surface area contributed by atoms with Gasteiger partial charge in [-0.25, -0.2) is 0 Å². The summed E-state index contributed by atoms with van der Waals surface area (Å²) in [4.78, 5) is 4.13. The highest BCUT2D eigenvalue weighted by atomic mass is 35.5. The number of nitrogens with zero attached hydrogens (tertiary/aromatic N) is 2. The second-order valence-corrected chi connectivity index (χ2v) is 4.37. The number of benzene rings is 1. The van der Waals surface area contributed by atoms with E-state index in [2.05, 4.69) is 15.2 Å². The summed E-state index contributed by atoms with van der Waals surface area (Å²) >= 11 is 17.8. The van der Waals surface area contributed by atoms with Crippen LogP contribution in [0.15, 0.2) is 12.1 Å². The maximum absolute atomic E-state index is 6.05. The van der Waals surface area contributed by atoms with Crippen molar-refractivity contribution in [3.05, 3.63) is 27.2 Å². The lowest BCUT2D eigenvalue weighted by molar-refractivity contribution is 0.314. The van der Waals surface area contributed by atoms with Crippen LogP contribution in [0.5, 0.6) is 6.01 Å². The van der Waals surface area contributed by atoms with Crippen LogP contribution in [0.3, 0.4) is 0 Å². The molecular formula is C10H8Cl3N3O. The molecule has 7 heteroatoms. The third-order valence-corrected chi connectivity index (χ3v) is 3.04. The van der Waals surface area contributed by atoms with E-state index < -0.39 is 0 Å². The molecule has 0 saturated heterocycles. The van der Waals surface area contributed by atoms with Gasteiger partial charge in [0.25, 0.3) is 0 Å². The number of aromatic nitrogens is 3. The van der Waals surface area contributed by atoms with Crippen molar-refractivity contribution in [2.45, 2.75) is 6.92 Å². The Bertz CT molecular complexity index is 542. The zero-order valence-electron chi connectivity index (χ0n) is 8.80. The summed E-state index contributed by atoms with van der Waals surface area (Å²) in [5, 5.41) is 7.84. The van der Waals surface area contributed by atoms with Gasteiger partial charge in [-0.2, -0.15) is 4.98 Å². The number of hydrogen-bond donors (Lipinski definition) is 1. The minimum Gasteiger partial charge on any atom is -0.463 e. The predicted molar refractivity (Wildman–Crippen MR) is 68.0 cm³/mol. The highest BCUT2D eigenvalue weighted by Crippen LogP contribution is 2.33. The SMILES string of the molecule is CCOc1n[nH]c(-c2cc(Cl)c(Cl)cc2Cl)n1. The van der Waals surface area contributed by atoms with E-state index >= 15 is 0 Å². The molecule has 0 fully saturated rings. The highest BCUT2D eigenvalue weighted by Gasteiger charge is 2.12. The first-order valence-corrected chi connectivity index (χ1v) is 5.95. The molecule has 2 rings (SSSR count). The van der Waals surface area contributed by atoms with Crippen LogP contribution < -0.4 is 4.74 Å². The molecule has 0 aliphatic heterocycles. The van der Waals surface area contributed by atoms with Gasteiger partial charge in [0.15, 0.2) is 5.82 Å². The quantitative estimate of drug-likeness (QED) is 0.875. The van der Waals surface area contributed by atoms with Crippen LogP contribution in [-0.2, 0) is 0 Å². The van der Waals surface area contributed by atoms with Crippen LogP contribution in [0, 0.1) is 0 Å². The van der Waals surface area contributed by atoms with Gasteiger partial charge in [-0.1, -0.05) is 34.8 Å². The number of hydrogen-bond acceptors (Lipinski definition) is 3. The molecule has 0 radical (unpaired) electrons. The van der Waals surface area contributed by atoms with E-state index in [1.807, 2.05) is 6.92 Å². The van der Waals surface area contributed by atoms with Gasteiger partial charge in [-0.3, -0.25) is 5.10 Å². The molecule has 0 unspecified atom stereocenters. The van der Waals surface area contributed by atoms with Crippen molar-refractivity contribution >= 4 is 34.8 Å². The maximum Gasteiger partial charge on any atom is 0.335 e. The monoisotopic (exact) mass is 291 g/mol. The molecule has 0 spiro atoms. The first-order chi connectivity index (χ1) is 8.11. The van der Waals surface area contributed by atoms with Gasteiger partial charge >= 0.3 is 6.01 Å². The summed E-state index contributed by atoms with van der Waals surface area (Å²) in [6.45, 7) is 2.34. The van der Waals surface area contributed by atoms with Crippen molar-refractivity contribution in [1.29, 1.82) is 0 Å². The Kier molecular flexibility index (Phi) is 3.76. The number of aromatic amines is 1. The van der Waals surface area contributed by atoms with Crippen LogP contribution in [0.2, 0.25) is 15.1 Å². The molecular weight excluding hydrogens is 284 g/mol. The zero-order chi connectivity index (χ0) is 12.4. The van der Waals surface area contributed by atoms with E-state index in [0.717, 1.165) is 0 Å². The lowest BCUT2D eigenvalue weighted by Crippen LogP contribution is -1.92. The first kappa shape index (κ1) is 12.5. The van der Waals surface area contributed by atoms with E-state index in [-0.39, 0.29) is 6.01 Å². The van der Waals surface area contributed by atoms with Crippen LogP contribution in [0.4, 0.5) is 0 Å². The number of rotatable bonds is 3. The maximum atomic E-state index is 6.05. The Morgan fingerprint density at radius 2 is 1.88 bits per heavy atom. The lowest BCUT2D eigenvalue weighted by Gasteiger charge is -2.02. The zero-order valence-corrected chi connectivity index (χ0v) is 11.1. The van der Waals surface area contributed by atoms with Crippen molar-refractivity contribution in [2.24, 2.45) is 0 Å². The van der Waals surface area contributed by atoms with E-state index in [1.54, 1.807) is 12.1 Å². The molecule has 90 valence electrons. The fraction of sp³-hybridized carbons (Fsp3) is 0.200. The van der Waals surface area contributed by atoms with E-state index in [1.165, 1.54) is 0 Å². The van der Waals surface area contributed by atoms with Crippen LogP contribution in [0.1, 0.15) is 6.92 Å². The van der Waals surface area contributed by atoms with E-state index in [9.17, 15) is 0 Å². The standard InChI is InChI=1S/C10H8Cl3N3O/c1-2-17-10-14-9(15-16-10)5-3-7(12)8(13)4-6(5)11/h3-4H,2H2,1H3,(H,14,15,16). The molecule has 0 amide bonds. The molecule has 0 saturated carbocycles. The molecule has 1 aromatic carbocycles. The topological polar surface area (TPSA) is 50.8 Å². The summed E-state index contributed by atoms with van der Waals surface area (Å²) in [5.74, 6) is 0.483. The third-order valence-electron chi connectivity index (χ3n) is 2.00. The Labute approximate surface area is 113 Å². The fourth-order valence-corrected chi connectivity index (χ4v) is 1.90. The average molecular weight is 293 g/mol. The van der Waals surface area contributed by atoms with E-state index in [0.29, 0.717) is 33.1 Å². The average Bonchev–Trinajstić information content (AvgIpc) is 2.72. The Hall–Kier alpha value is -0.970. The van der Waals surface area contributed by atoms with Gasteiger partial charge in [0.1, 0.15) is 0 Å². The Morgan fingerprint density at radius 1 is 1.18 bits per heavy atom. The number of ether oxygens (including phenoxy) is 1. The molecule has 4 nitrogen and oxygen atoms in total. The molecule has 1 N–H and O–H groups in total. The van der Waals surface area contributed by atoms with Crippen molar-refractivity contribution < 1.29 is 4.74 Å². The van der Waals surface area contributed by atoms with Gasteiger partial charge in [-0.15, -0.1) is 5.10 Å². The molecule has 1 heterocycles. The molecule has 0 aliphatic carbocycles. The molecule has 0 atom stereocenters. The van der Waals surface area contributed by atoms with Crippen molar-refractivity contribution in [3.8, 4) is 17.4 Å². The van der Waals surface area contributed by atoms with Crippen LogP contribution >= 0.6 is 34.8 Å². The number of nitrogens with one attached hydrogen (secondary N) is 1. The van der Waals surface area contributed by atoms with Crippen LogP contribution in [-0.4, -0.2) is 21.8 Å². The summed E-state index contributed by atoms with van der Waals surface area (Å²) in [6, 6.07) is 3.45. The lowest BCUT2D eigenvalue weighted by atomic mass is 10.2. The van der Waals surface area contributed by atoms with E-state index in [4.69, 9.17) is 39.5 Å². The number of halogens is 3. The van der Waals surface area contributed by atoms with Crippen molar-refractivity contribution in [1.82, 2.24) is 15.2 Å². The molecule has 17 heavy (non-hydrogen) atoms. The van der Waals surface area contributed by atoms with Crippen molar-refractivity contribution in [3.63, 3.8) is 0 Å².